The number of thiazole rings is 1. The second-order valence-corrected chi connectivity index (χ2v) is 7.31. The standard InChI is InChI=1S/C21H19N5O2S/c1-26(13-9-16-5-2-3-10-23-16)20-18(17-6-4-14-28-17)24-21(29-20)25-19(27)15-7-11-22-12-8-15/h2-8,10-12,14H,9,13H2,1H3,(H,24,25,27). The Hall–Kier alpha value is -3.52. The number of likely N-dealkylation sites (N-methyl/N-ethyl adjacent to an activating group) is 1. The lowest BCUT2D eigenvalue weighted by molar-refractivity contribution is 0.102. The molecule has 0 unspecified atom stereocenters. The van der Waals surface area contributed by atoms with E-state index in [4.69, 9.17) is 4.42 Å². The van der Waals surface area contributed by atoms with Crippen LogP contribution in [0.1, 0.15) is 16.1 Å². The summed E-state index contributed by atoms with van der Waals surface area (Å²) >= 11 is 1.41. The molecule has 4 rings (SSSR count). The van der Waals surface area contributed by atoms with Crippen LogP contribution in [0, 0.1) is 0 Å². The molecular formula is C21H19N5O2S. The SMILES string of the molecule is CN(CCc1ccccn1)c1sc(NC(=O)c2ccncc2)nc1-c1ccco1. The van der Waals surface area contributed by atoms with Gasteiger partial charge in [0.15, 0.2) is 10.9 Å². The summed E-state index contributed by atoms with van der Waals surface area (Å²) in [6.07, 6.45) is 7.37. The number of nitrogens with zero attached hydrogens (tertiary/aromatic N) is 4. The normalized spacial score (nSPS) is 10.7. The average Bonchev–Trinajstić information content (AvgIpc) is 3.43. The van der Waals surface area contributed by atoms with Gasteiger partial charge in [-0.15, -0.1) is 0 Å². The second kappa shape index (κ2) is 8.66. The van der Waals surface area contributed by atoms with Gasteiger partial charge in [-0.3, -0.25) is 20.1 Å². The van der Waals surface area contributed by atoms with Crippen LogP contribution < -0.4 is 10.2 Å². The summed E-state index contributed by atoms with van der Waals surface area (Å²) in [5.74, 6) is 0.431. The van der Waals surface area contributed by atoms with E-state index >= 15 is 0 Å². The third-order valence-electron chi connectivity index (χ3n) is 4.30. The number of pyridine rings is 2. The van der Waals surface area contributed by atoms with Gasteiger partial charge in [0.2, 0.25) is 0 Å². The Kier molecular flexibility index (Phi) is 5.62. The Balaban J connectivity index is 1.56. The van der Waals surface area contributed by atoms with Crippen molar-refractivity contribution >= 4 is 27.4 Å². The van der Waals surface area contributed by atoms with Crippen molar-refractivity contribution < 1.29 is 9.21 Å². The van der Waals surface area contributed by atoms with Crippen molar-refractivity contribution in [3.8, 4) is 11.5 Å². The van der Waals surface area contributed by atoms with Crippen LogP contribution >= 0.6 is 11.3 Å². The minimum atomic E-state index is -0.227. The molecule has 0 saturated heterocycles. The fraction of sp³-hybridized carbons (Fsp3) is 0.143. The highest BCUT2D eigenvalue weighted by atomic mass is 32.1. The average molecular weight is 405 g/mol. The molecule has 29 heavy (non-hydrogen) atoms. The highest BCUT2D eigenvalue weighted by Gasteiger charge is 2.20. The van der Waals surface area contributed by atoms with Gasteiger partial charge in [0.1, 0.15) is 10.7 Å². The van der Waals surface area contributed by atoms with Crippen LogP contribution in [0.15, 0.2) is 71.7 Å². The number of furan rings is 1. The monoisotopic (exact) mass is 405 g/mol. The summed E-state index contributed by atoms with van der Waals surface area (Å²) in [4.78, 5) is 27.5. The van der Waals surface area contributed by atoms with Gasteiger partial charge in [-0.2, -0.15) is 0 Å². The van der Waals surface area contributed by atoms with E-state index in [1.165, 1.54) is 11.3 Å². The van der Waals surface area contributed by atoms with Crippen molar-refractivity contribution in [1.82, 2.24) is 15.0 Å². The van der Waals surface area contributed by atoms with Crippen LogP contribution in [0.5, 0.6) is 0 Å². The molecule has 1 N–H and O–H groups in total. The van der Waals surface area contributed by atoms with Gasteiger partial charge in [0, 0.05) is 49.9 Å². The van der Waals surface area contributed by atoms with Crippen LogP contribution in [0.3, 0.4) is 0 Å². The number of rotatable bonds is 7. The molecule has 7 nitrogen and oxygen atoms in total. The Morgan fingerprint density at radius 3 is 2.72 bits per heavy atom. The van der Waals surface area contributed by atoms with E-state index in [0.717, 1.165) is 23.7 Å². The lowest BCUT2D eigenvalue weighted by Crippen LogP contribution is -2.20. The van der Waals surface area contributed by atoms with Crippen molar-refractivity contribution in [2.45, 2.75) is 6.42 Å². The van der Waals surface area contributed by atoms with Gasteiger partial charge in [-0.05, 0) is 36.4 Å². The Labute approximate surface area is 172 Å². The van der Waals surface area contributed by atoms with E-state index in [1.54, 1.807) is 37.0 Å². The molecule has 146 valence electrons. The van der Waals surface area contributed by atoms with Crippen LogP contribution in [-0.4, -0.2) is 34.5 Å². The Bertz CT molecular complexity index is 1070. The summed E-state index contributed by atoms with van der Waals surface area (Å²) in [5, 5.41) is 4.30. The molecule has 0 bridgehead atoms. The molecule has 1 amide bonds. The number of carbonyl (C=O) groups is 1. The van der Waals surface area contributed by atoms with E-state index in [-0.39, 0.29) is 5.91 Å². The van der Waals surface area contributed by atoms with Crippen molar-refractivity contribution in [1.29, 1.82) is 0 Å². The number of hydrogen-bond donors (Lipinski definition) is 1. The molecule has 4 aromatic heterocycles. The van der Waals surface area contributed by atoms with Gasteiger partial charge in [-0.1, -0.05) is 17.4 Å². The molecule has 0 aliphatic rings. The van der Waals surface area contributed by atoms with Crippen molar-refractivity contribution in [2.24, 2.45) is 0 Å². The van der Waals surface area contributed by atoms with E-state index in [0.29, 0.717) is 22.1 Å². The molecule has 0 fully saturated rings. The molecule has 0 saturated carbocycles. The minimum absolute atomic E-state index is 0.227. The summed E-state index contributed by atoms with van der Waals surface area (Å²) in [7, 11) is 2.00. The topological polar surface area (TPSA) is 84.2 Å². The van der Waals surface area contributed by atoms with E-state index in [1.807, 2.05) is 37.4 Å². The zero-order chi connectivity index (χ0) is 20.1. The molecule has 4 heterocycles. The number of anilines is 2. The molecule has 0 aliphatic heterocycles. The predicted octanol–water partition coefficient (Wildman–Crippen LogP) is 4.12. The molecule has 4 aromatic rings. The maximum atomic E-state index is 12.5. The molecule has 8 heteroatoms. The Morgan fingerprint density at radius 2 is 2.00 bits per heavy atom. The largest absolute Gasteiger partial charge is 0.463 e. The molecular weight excluding hydrogens is 386 g/mol. The first kappa shape index (κ1) is 18.8. The smallest absolute Gasteiger partial charge is 0.257 e. The molecule has 0 atom stereocenters. The second-order valence-electron chi connectivity index (χ2n) is 6.33. The molecule has 0 spiro atoms. The molecule has 0 aliphatic carbocycles. The summed E-state index contributed by atoms with van der Waals surface area (Å²) in [6, 6.07) is 12.9. The fourth-order valence-electron chi connectivity index (χ4n) is 2.80. The number of nitrogens with one attached hydrogen (secondary N) is 1. The van der Waals surface area contributed by atoms with Crippen LogP contribution in [0.25, 0.3) is 11.5 Å². The lowest BCUT2D eigenvalue weighted by atomic mass is 10.2. The quantitative estimate of drug-likeness (QED) is 0.498. The number of carbonyl (C=O) groups excluding carboxylic acids is 1. The summed E-state index contributed by atoms with van der Waals surface area (Å²) in [6.45, 7) is 0.755. The lowest BCUT2D eigenvalue weighted by Gasteiger charge is -2.17. The van der Waals surface area contributed by atoms with Crippen molar-refractivity contribution in [3.63, 3.8) is 0 Å². The highest BCUT2D eigenvalue weighted by Crippen LogP contribution is 2.38. The zero-order valence-electron chi connectivity index (χ0n) is 15.8. The van der Waals surface area contributed by atoms with Gasteiger partial charge >= 0.3 is 0 Å². The van der Waals surface area contributed by atoms with Gasteiger partial charge in [0.05, 0.1) is 6.26 Å². The van der Waals surface area contributed by atoms with Crippen molar-refractivity contribution in [2.75, 3.05) is 23.8 Å². The fourth-order valence-corrected chi connectivity index (χ4v) is 3.75. The van der Waals surface area contributed by atoms with Crippen LogP contribution in [0.2, 0.25) is 0 Å². The van der Waals surface area contributed by atoms with Gasteiger partial charge < -0.3 is 9.32 Å². The van der Waals surface area contributed by atoms with Crippen LogP contribution in [0.4, 0.5) is 10.1 Å². The molecule has 0 aromatic carbocycles. The molecule has 0 radical (unpaired) electrons. The van der Waals surface area contributed by atoms with E-state index in [2.05, 4.69) is 25.2 Å². The van der Waals surface area contributed by atoms with Crippen LogP contribution in [-0.2, 0) is 6.42 Å². The number of amides is 1. The first-order chi connectivity index (χ1) is 14.2. The number of hydrogen-bond acceptors (Lipinski definition) is 7. The maximum Gasteiger partial charge on any atom is 0.257 e. The van der Waals surface area contributed by atoms with E-state index < -0.39 is 0 Å². The minimum Gasteiger partial charge on any atom is -0.463 e. The Morgan fingerprint density at radius 1 is 1.14 bits per heavy atom. The van der Waals surface area contributed by atoms with E-state index in [9.17, 15) is 4.79 Å². The number of aromatic nitrogens is 3. The van der Waals surface area contributed by atoms with Gasteiger partial charge in [-0.25, -0.2) is 4.98 Å². The predicted molar refractivity (Wildman–Crippen MR) is 113 cm³/mol. The highest BCUT2D eigenvalue weighted by molar-refractivity contribution is 7.20. The summed E-state index contributed by atoms with van der Waals surface area (Å²) < 4.78 is 5.56. The van der Waals surface area contributed by atoms with Gasteiger partial charge in [0.25, 0.3) is 5.91 Å². The third kappa shape index (κ3) is 4.49. The summed E-state index contributed by atoms with van der Waals surface area (Å²) in [5.41, 5.74) is 2.25. The maximum absolute atomic E-state index is 12.5. The first-order valence-corrected chi connectivity index (χ1v) is 9.89. The third-order valence-corrected chi connectivity index (χ3v) is 5.39. The van der Waals surface area contributed by atoms with Crippen molar-refractivity contribution in [3.05, 3.63) is 78.6 Å². The zero-order valence-corrected chi connectivity index (χ0v) is 16.6. The first-order valence-electron chi connectivity index (χ1n) is 9.08.